The summed E-state index contributed by atoms with van der Waals surface area (Å²) in [6.45, 7) is 5.18. The number of piperidine rings is 1. The summed E-state index contributed by atoms with van der Waals surface area (Å²) in [4.78, 5) is 8.38. The van der Waals surface area contributed by atoms with E-state index in [0.717, 1.165) is 31.2 Å². The Morgan fingerprint density at radius 2 is 2.48 bits per heavy atom. The molecule has 0 aliphatic carbocycles. The van der Waals surface area contributed by atoms with Crippen LogP contribution in [-0.4, -0.2) is 39.3 Å². The largest absolute Gasteiger partial charge is 0.365 e. The third kappa shape index (κ3) is 2.75. The van der Waals surface area contributed by atoms with Crippen LogP contribution in [0.2, 0.25) is 0 Å². The monoisotopic (exact) mass is 304 g/mol. The van der Waals surface area contributed by atoms with Gasteiger partial charge in [0.25, 0.3) is 0 Å². The molecule has 2 aromatic rings. The number of thiophene rings is 1. The SMILES string of the molecule is Cc1nc([C@H]2C[C@@H]3CCN(Cc4cccs4)C[C@H]3O2)n[nH]1. The first-order chi connectivity index (χ1) is 10.3. The minimum atomic E-state index is 0.0756. The van der Waals surface area contributed by atoms with Crippen molar-refractivity contribution in [1.29, 1.82) is 0 Å². The van der Waals surface area contributed by atoms with Gasteiger partial charge >= 0.3 is 0 Å². The molecule has 4 heterocycles. The minimum absolute atomic E-state index is 0.0756. The molecule has 21 heavy (non-hydrogen) atoms. The topological polar surface area (TPSA) is 54.0 Å². The normalized spacial score (nSPS) is 29.7. The van der Waals surface area contributed by atoms with Gasteiger partial charge in [-0.3, -0.25) is 10.00 Å². The fourth-order valence-corrected chi connectivity index (χ4v) is 4.18. The van der Waals surface area contributed by atoms with Crippen molar-refractivity contribution in [1.82, 2.24) is 20.1 Å². The molecule has 2 aromatic heterocycles. The van der Waals surface area contributed by atoms with Gasteiger partial charge in [0, 0.05) is 18.0 Å². The van der Waals surface area contributed by atoms with Crippen molar-refractivity contribution in [3.63, 3.8) is 0 Å². The second-order valence-electron chi connectivity index (χ2n) is 6.04. The molecule has 0 amide bonds. The number of hydrogen-bond donors (Lipinski definition) is 1. The number of hydrogen-bond acceptors (Lipinski definition) is 5. The van der Waals surface area contributed by atoms with E-state index in [9.17, 15) is 0 Å². The van der Waals surface area contributed by atoms with Gasteiger partial charge in [0.2, 0.25) is 0 Å². The van der Waals surface area contributed by atoms with Crippen molar-refractivity contribution in [3.05, 3.63) is 34.0 Å². The van der Waals surface area contributed by atoms with E-state index in [4.69, 9.17) is 4.74 Å². The van der Waals surface area contributed by atoms with Crippen LogP contribution in [0.15, 0.2) is 17.5 Å². The van der Waals surface area contributed by atoms with Gasteiger partial charge in [-0.1, -0.05) is 6.07 Å². The zero-order chi connectivity index (χ0) is 14.2. The van der Waals surface area contributed by atoms with Gasteiger partial charge in [-0.25, -0.2) is 4.98 Å². The molecule has 3 atom stereocenters. The van der Waals surface area contributed by atoms with E-state index in [1.807, 2.05) is 18.3 Å². The first kappa shape index (κ1) is 13.4. The number of ether oxygens (including phenoxy) is 1. The number of H-pyrrole nitrogens is 1. The Bertz CT molecular complexity index is 597. The van der Waals surface area contributed by atoms with E-state index < -0.39 is 0 Å². The Labute approximate surface area is 128 Å². The van der Waals surface area contributed by atoms with E-state index in [1.54, 1.807) is 0 Å². The van der Waals surface area contributed by atoms with E-state index in [-0.39, 0.29) is 6.10 Å². The Kier molecular flexibility index (Phi) is 3.52. The fourth-order valence-electron chi connectivity index (χ4n) is 3.43. The molecule has 0 spiro atoms. The van der Waals surface area contributed by atoms with E-state index in [2.05, 4.69) is 37.6 Å². The van der Waals surface area contributed by atoms with Crippen molar-refractivity contribution >= 4 is 11.3 Å². The predicted octanol–water partition coefficient (Wildman–Crippen LogP) is 2.53. The maximum Gasteiger partial charge on any atom is 0.179 e. The Morgan fingerprint density at radius 1 is 1.52 bits per heavy atom. The van der Waals surface area contributed by atoms with Crippen molar-refractivity contribution in [2.45, 2.75) is 38.5 Å². The molecule has 0 bridgehead atoms. The average molecular weight is 304 g/mol. The maximum atomic E-state index is 6.23. The lowest BCUT2D eigenvalue weighted by molar-refractivity contribution is -0.0117. The summed E-state index contributed by atoms with van der Waals surface area (Å²) >= 11 is 1.84. The molecule has 6 heteroatoms. The molecule has 2 saturated heterocycles. The van der Waals surface area contributed by atoms with Crippen LogP contribution in [0.4, 0.5) is 0 Å². The maximum absolute atomic E-state index is 6.23. The van der Waals surface area contributed by atoms with Crippen molar-refractivity contribution in [3.8, 4) is 0 Å². The molecule has 1 N–H and O–H groups in total. The van der Waals surface area contributed by atoms with E-state index >= 15 is 0 Å². The Morgan fingerprint density at radius 3 is 3.24 bits per heavy atom. The molecular weight excluding hydrogens is 284 g/mol. The van der Waals surface area contributed by atoms with Gasteiger partial charge in [0.05, 0.1) is 6.10 Å². The van der Waals surface area contributed by atoms with Crippen molar-refractivity contribution in [2.75, 3.05) is 13.1 Å². The molecule has 0 radical (unpaired) electrons. The molecule has 0 unspecified atom stereocenters. The van der Waals surface area contributed by atoms with Crippen LogP contribution in [-0.2, 0) is 11.3 Å². The molecular formula is C15H20N4OS. The van der Waals surface area contributed by atoms with E-state index in [1.165, 1.54) is 17.8 Å². The highest BCUT2D eigenvalue weighted by Crippen LogP contribution is 2.40. The third-order valence-corrected chi connectivity index (χ3v) is 5.36. The first-order valence-electron chi connectivity index (χ1n) is 7.57. The lowest BCUT2D eigenvalue weighted by Gasteiger charge is -2.33. The van der Waals surface area contributed by atoms with Crippen LogP contribution in [0.3, 0.4) is 0 Å². The van der Waals surface area contributed by atoms with Crippen LogP contribution in [0.5, 0.6) is 0 Å². The number of aromatic nitrogens is 3. The minimum Gasteiger partial charge on any atom is -0.365 e. The van der Waals surface area contributed by atoms with Crippen molar-refractivity contribution < 1.29 is 4.74 Å². The van der Waals surface area contributed by atoms with Crippen LogP contribution in [0.1, 0.15) is 35.5 Å². The number of likely N-dealkylation sites (tertiary alicyclic amines) is 1. The lowest BCUT2D eigenvalue weighted by Crippen LogP contribution is -2.41. The van der Waals surface area contributed by atoms with Gasteiger partial charge in [-0.15, -0.1) is 11.3 Å². The molecule has 0 saturated carbocycles. The molecule has 112 valence electrons. The molecule has 4 rings (SSSR count). The van der Waals surface area contributed by atoms with Gasteiger partial charge < -0.3 is 4.74 Å². The summed E-state index contributed by atoms with van der Waals surface area (Å²) in [7, 11) is 0. The number of nitrogens with one attached hydrogen (secondary N) is 1. The number of rotatable bonds is 3. The number of fused-ring (bicyclic) bond motifs is 1. The molecule has 5 nitrogen and oxygen atoms in total. The van der Waals surface area contributed by atoms with Gasteiger partial charge in [-0.05, 0) is 43.7 Å². The standard InChI is InChI=1S/C15H20N4OS/c1-10-16-15(18-17-10)13-7-11-4-5-19(9-14(11)20-13)8-12-3-2-6-21-12/h2-3,6,11,13-14H,4-5,7-9H2,1H3,(H,16,17,18)/t11-,13+,14+/m0/s1. The highest BCUT2D eigenvalue weighted by molar-refractivity contribution is 7.09. The summed E-state index contributed by atoms with van der Waals surface area (Å²) in [5, 5.41) is 9.33. The highest BCUT2D eigenvalue weighted by Gasteiger charge is 2.40. The van der Waals surface area contributed by atoms with Crippen LogP contribution in [0.25, 0.3) is 0 Å². The quantitative estimate of drug-likeness (QED) is 0.947. The first-order valence-corrected chi connectivity index (χ1v) is 8.45. The number of aromatic amines is 1. The summed E-state index contributed by atoms with van der Waals surface area (Å²) in [6, 6.07) is 4.34. The summed E-state index contributed by atoms with van der Waals surface area (Å²) in [5.74, 6) is 2.35. The molecule has 2 aliphatic rings. The fraction of sp³-hybridized carbons (Fsp3) is 0.600. The van der Waals surface area contributed by atoms with Crippen LogP contribution >= 0.6 is 11.3 Å². The van der Waals surface area contributed by atoms with Gasteiger partial charge in [0.15, 0.2) is 5.82 Å². The predicted molar refractivity (Wildman–Crippen MR) is 81.1 cm³/mol. The van der Waals surface area contributed by atoms with Crippen LogP contribution in [0, 0.1) is 12.8 Å². The zero-order valence-electron chi connectivity index (χ0n) is 12.2. The summed E-state index contributed by atoms with van der Waals surface area (Å²) in [5.41, 5.74) is 0. The zero-order valence-corrected chi connectivity index (χ0v) is 13.0. The highest BCUT2D eigenvalue weighted by atomic mass is 32.1. The number of aryl methyl sites for hydroxylation is 1. The Balaban J connectivity index is 1.40. The van der Waals surface area contributed by atoms with E-state index in [0.29, 0.717) is 12.0 Å². The third-order valence-electron chi connectivity index (χ3n) is 4.50. The summed E-state index contributed by atoms with van der Waals surface area (Å²) in [6.07, 6.45) is 2.69. The average Bonchev–Trinajstić information content (AvgIpc) is 3.18. The van der Waals surface area contributed by atoms with Crippen molar-refractivity contribution in [2.24, 2.45) is 5.92 Å². The lowest BCUT2D eigenvalue weighted by atomic mass is 9.91. The van der Waals surface area contributed by atoms with Gasteiger partial charge in [0.1, 0.15) is 11.9 Å². The second-order valence-corrected chi connectivity index (χ2v) is 7.07. The summed E-state index contributed by atoms with van der Waals surface area (Å²) < 4.78 is 6.23. The molecule has 2 fully saturated rings. The van der Waals surface area contributed by atoms with Gasteiger partial charge in [-0.2, -0.15) is 5.10 Å². The Hall–Kier alpha value is -1.24. The van der Waals surface area contributed by atoms with Crippen LogP contribution < -0.4 is 0 Å². The molecule has 2 aliphatic heterocycles. The second kappa shape index (κ2) is 5.51. The smallest absolute Gasteiger partial charge is 0.179 e. The molecule has 0 aromatic carbocycles. The number of nitrogens with zero attached hydrogens (tertiary/aromatic N) is 3.